The molecule has 3 saturated heterocycles. The molecule has 6 rings (SSSR count). The minimum atomic E-state index is 0.399. The molecule has 2 N–H and O–H groups in total. The van der Waals surface area contributed by atoms with Gasteiger partial charge in [-0.1, -0.05) is 6.07 Å². The standard InChI is InChI=1S/C21H26N4O/c1-13-11-19(22-18-12-25-9-7-15(18)8-10-25)23-24-20(13)17-6-5-14-3-2-4-16(14)21(17)26/h5-6,11,15,18,26H,2-4,7-10,12H2,1H3,(H,22,23)/t18-/m1/s1. The highest BCUT2D eigenvalue weighted by atomic mass is 16.3. The Morgan fingerprint density at radius 1 is 1.15 bits per heavy atom. The van der Waals surface area contributed by atoms with E-state index in [1.165, 1.54) is 31.5 Å². The Morgan fingerprint density at radius 2 is 2.00 bits per heavy atom. The number of aryl methyl sites for hydroxylation is 2. The summed E-state index contributed by atoms with van der Waals surface area (Å²) >= 11 is 0. The van der Waals surface area contributed by atoms with Gasteiger partial charge in [0.05, 0.1) is 5.69 Å². The highest BCUT2D eigenvalue weighted by Crippen LogP contribution is 2.38. The van der Waals surface area contributed by atoms with E-state index < -0.39 is 0 Å². The molecule has 1 aromatic heterocycles. The minimum absolute atomic E-state index is 0.399. The molecule has 0 spiro atoms. The first-order chi connectivity index (χ1) is 12.7. The van der Waals surface area contributed by atoms with Gasteiger partial charge in [-0.05, 0) is 86.9 Å². The Kier molecular flexibility index (Phi) is 3.85. The monoisotopic (exact) mass is 350 g/mol. The van der Waals surface area contributed by atoms with E-state index in [1.54, 1.807) is 0 Å². The number of anilines is 1. The van der Waals surface area contributed by atoms with Crippen LogP contribution in [0.4, 0.5) is 5.82 Å². The van der Waals surface area contributed by atoms with Crippen molar-refractivity contribution in [2.24, 2.45) is 5.92 Å². The highest BCUT2D eigenvalue weighted by molar-refractivity contribution is 5.73. The van der Waals surface area contributed by atoms with Crippen molar-refractivity contribution in [2.45, 2.75) is 45.1 Å². The maximum atomic E-state index is 10.7. The number of nitrogens with zero attached hydrogens (tertiary/aromatic N) is 3. The average Bonchev–Trinajstić information content (AvgIpc) is 3.14. The van der Waals surface area contributed by atoms with Crippen LogP contribution in [0.15, 0.2) is 18.2 Å². The first kappa shape index (κ1) is 16.1. The summed E-state index contributed by atoms with van der Waals surface area (Å²) in [5.41, 5.74) is 5.02. The molecule has 5 nitrogen and oxygen atoms in total. The molecule has 1 aromatic carbocycles. The molecule has 26 heavy (non-hydrogen) atoms. The number of piperidine rings is 3. The van der Waals surface area contributed by atoms with Crippen LogP contribution in [0, 0.1) is 12.8 Å². The summed E-state index contributed by atoms with van der Waals surface area (Å²) in [4.78, 5) is 2.54. The lowest BCUT2D eigenvalue weighted by molar-refractivity contribution is 0.0973. The van der Waals surface area contributed by atoms with Gasteiger partial charge in [-0.15, -0.1) is 10.2 Å². The zero-order valence-corrected chi connectivity index (χ0v) is 15.3. The summed E-state index contributed by atoms with van der Waals surface area (Å²) in [6.07, 6.45) is 5.71. The summed E-state index contributed by atoms with van der Waals surface area (Å²) in [5.74, 6) is 2.00. The van der Waals surface area contributed by atoms with E-state index in [4.69, 9.17) is 0 Å². The SMILES string of the molecule is Cc1cc(N[C@@H]2CN3CCC2CC3)nnc1-c1ccc2c(c1O)CCC2. The van der Waals surface area contributed by atoms with Crippen LogP contribution in [0.2, 0.25) is 0 Å². The summed E-state index contributed by atoms with van der Waals surface area (Å²) in [5, 5.41) is 23.2. The lowest BCUT2D eigenvalue weighted by atomic mass is 9.84. The Bertz CT molecular complexity index is 842. The third-order valence-corrected chi connectivity index (χ3v) is 6.48. The number of hydrogen-bond donors (Lipinski definition) is 2. The van der Waals surface area contributed by atoms with Crippen molar-refractivity contribution in [3.8, 4) is 17.0 Å². The van der Waals surface area contributed by atoms with Gasteiger partial charge in [0.2, 0.25) is 0 Å². The van der Waals surface area contributed by atoms with Gasteiger partial charge in [-0.2, -0.15) is 0 Å². The third kappa shape index (κ3) is 2.65. The van der Waals surface area contributed by atoms with Gasteiger partial charge in [0.1, 0.15) is 11.6 Å². The number of phenols is 1. The average molecular weight is 350 g/mol. The zero-order valence-electron chi connectivity index (χ0n) is 15.3. The van der Waals surface area contributed by atoms with Crippen LogP contribution < -0.4 is 5.32 Å². The number of aromatic nitrogens is 2. The van der Waals surface area contributed by atoms with Gasteiger partial charge in [-0.3, -0.25) is 0 Å². The summed E-state index contributed by atoms with van der Waals surface area (Å²) in [7, 11) is 0. The second-order valence-corrected chi connectivity index (χ2v) is 8.10. The molecular formula is C21H26N4O. The maximum absolute atomic E-state index is 10.7. The molecule has 4 aliphatic rings. The van der Waals surface area contributed by atoms with Gasteiger partial charge in [-0.25, -0.2) is 0 Å². The lowest BCUT2D eigenvalue weighted by Crippen LogP contribution is -2.53. The molecule has 0 amide bonds. The molecule has 1 atom stereocenters. The van der Waals surface area contributed by atoms with Crippen LogP contribution in [0.1, 0.15) is 36.0 Å². The number of rotatable bonds is 3. The molecule has 3 aliphatic heterocycles. The largest absolute Gasteiger partial charge is 0.507 e. The molecule has 4 heterocycles. The van der Waals surface area contributed by atoms with E-state index in [-0.39, 0.29) is 0 Å². The lowest BCUT2D eigenvalue weighted by Gasteiger charge is -2.45. The molecule has 3 fully saturated rings. The Balaban J connectivity index is 1.41. The van der Waals surface area contributed by atoms with Gasteiger partial charge < -0.3 is 15.3 Å². The minimum Gasteiger partial charge on any atom is -0.507 e. The first-order valence-electron chi connectivity index (χ1n) is 9.86. The highest BCUT2D eigenvalue weighted by Gasteiger charge is 2.34. The molecule has 136 valence electrons. The van der Waals surface area contributed by atoms with Crippen LogP contribution in [0.3, 0.4) is 0 Å². The molecule has 0 radical (unpaired) electrons. The van der Waals surface area contributed by atoms with E-state index in [1.807, 2.05) is 6.07 Å². The number of nitrogens with one attached hydrogen (secondary N) is 1. The summed E-state index contributed by atoms with van der Waals surface area (Å²) in [6, 6.07) is 6.69. The smallest absolute Gasteiger partial charge is 0.149 e. The van der Waals surface area contributed by atoms with E-state index in [9.17, 15) is 5.11 Å². The van der Waals surface area contributed by atoms with Gasteiger partial charge in [0.25, 0.3) is 0 Å². The number of hydrogen-bond acceptors (Lipinski definition) is 5. The zero-order chi connectivity index (χ0) is 17.7. The van der Waals surface area contributed by atoms with Crippen molar-refractivity contribution in [2.75, 3.05) is 25.0 Å². The summed E-state index contributed by atoms with van der Waals surface area (Å²) in [6.45, 7) is 5.64. The van der Waals surface area contributed by atoms with Crippen molar-refractivity contribution in [1.82, 2.24) is 15.1 Å². The van der Waals surface area contributed by atoms with Crippen molar-refractivity contribution < 1.29 is 5.11 Å². The molecule has 2 aromatic rings. The second-order valence-electron chi connectivity index (χ2n) is 8.10. The van der Waals surface area contributed by atoms with Crippen molar-refractivity contribution in [1.29, 1.82) is 0 Å². The fraction of sp³-hybridized carbons (Fsp3) is 0.524. The van der Waals surface area contributed by atoms with Crippen LogP contribution >= 0.6 is 0 Å². The van der Waals surface area contributed by atoms with Crippen molar-refractivity contribution >= 4 is 5.82 Å². The maximum Gasteiger partial charge on any atom is 0.149 e. The van der Waals surface area contributed by atoms with E-state index in [0.717, 1.165) is 59.9 Å². The van der Waals surface area contributed by atoms with Gasteiger partial charge in [0, 0.05) is 18.2 Å². The fourth-order valence-electron chi connectivity index (χ4n) is 4.98. The number of benzene rings is 1. The quantitative estimate of drug-likeness (QED) is 0.890. The predicted octanol–water partition coefficient (Wildman–Crippen LogP) is 3.15. The van der Waals surface area contributed by atoms with Crippen LogP contribution in [-0.2, 0) is 12.8 Å². The van der Waals surface area contributed by atoms with Crippen LogP contribution in [0.25, 0.3) is 11.3 Å². The Hall–Kier alpha value is -2.14. The molecule has 2 bridgehead atoms. The van der Waals surface area contributed by atoms with Crippen LogP contribution in [0.5, 0.6) is 5.75 Å². The summed E-state index contributed by atoms with van der Waals surface area (Å²) < 4.78 is 0. The molecular weight excluding hydrogens is 324 g/mol. The van der Waals surface area contributed by atoms with E-state index in [0.29, 0.717) is 11.8 Å². The Morgan fingerprint density at radius 3 is 2.73 bits per heavy atom. The van der Waals surface area contributed by atoms with Crippen molar-refractivity contribution in [3.05, 3.63) is 34.9 Å². The second kappa shape index (κ2) is 6.23. The topological polar surface area (TPSA) is 61.3 Å². The number of aromatic hydroxyl groups is 1. The number of phenolic OH excluding ortho intramolecular Hbond substituents is 1. The van der Waals surface area contributed by atoms with Crippen LogP contribution in [-0.4, -0.2) is 45.9 Å². The molecule has 1 aliphatic carbocycles. The van der Waals surface area contributed by atoms with Gasteiger partial charge >= 0.3 is 0 Å². The fourth-order valence-corrected chi connectivity index (χ4v) is 4.98. The third-order valence-electron chi connectivity index (χ3n) is 6.48. The normalized spacial score (nSPS) is 26.7. The van der Waals surface area contributed by atoms with E-state index >= 15 is 0 Å². The Labute approximate surface area is 154 Å². The number of fused-ring (bicyclic) bond motifs is 4. The molecule has 5 heteroatoms. The molecule has 0 saturated carbocycles. The predicted molar refractivity (Wildman–Crippen MR) is 102 cm³/mol. The van der Waals surface area contributed by atoms with E-state index in [2.05, 4.69) is 39.5 Å². The van der Waals surface area contributed by atoms with Crippen molar-refractivity contribution in [3.63, 3.8) is 0 Å². The first-order valence-corrected chi connectivity index (χ1v) is 9.86. The molecule has 0 unspecified atom stereocenters. The van der Waals surface area contributed by atoms with Gasteiger partial charge in [0.15, 0.2) is 0 Å².